The largest absolute Gasteiger partial charge is 0.420 e. The van der Waals surface area contributed by atoms with Crippen molar-refractivity contribution in [2.45, 2.75) is 24.4 Å². The Kier molecular flexibility index (Phi) is 4.34. The molecule has 112 valence electrons. The third kappa shape index (κ3) is 3.09. The van der Waals surface area contributed by atoms with Gasteiger partial charge in [0.15, 0.2) is 5.16 Å². The number of hydrogen-bond acceptors (Lipinski definition) is 6. The number of aryl methyl sites for hydroxylation is 1. The van der Waals surface area contributed by atoms with E-state index in [0.717, 1.165) is 16.5 Å². The Bertz CT molecular complexity index is 765. The summed E-state index contributed by atoms with van der Waals surface area (Å²) in [4.78, 5) is 0. The van der Waals surface area contributed by atoms with Crippen LogP contribution in [0.15, 0.2) is 52.6 Å². The van der Waals surface area contributed by atoms with Crippen LogP contribution in [-0.4, -0.2) is 25.0 Å². The lowest BCUT2D eigenvalue weighted by Gasteiger charge is -2.03. The summed E-state index contributed by atoms with van der Waals surface area (Å²) in [7, 11) is 0. The molecule has 0 atom stereocenters. The first-order chi connectivity index (χ1) is 10.8. The summed E-state index contributed by atoms with van der Waals surface area (Å²) in [5.41, 5.74) is 0.914. The highest BCUT2D eigenvalue weighted by Gasteiger charge is 2.12. The minimum Gasteiger partial charge on any atom is -0.420 e. The molecule has 3 rings (SSSR count). The molecule has 22 heavy (non-hydrogen) atoms. The van der Waals surface area contributed by atoms with Crippen LogP contribution < -0.4 is 0 Å². The van der Waals surface area contributed by atoms with Gasteiger partial charge >= 0.3 is 0 Å². The lowest BCUT2D eigenvalue weighted by molar-refractivity contribution is 0.528. The van der Waals surface area contributed by atoms with Crippen LogP contribution in [0.25, 0.3) is 11.5 Å². The van der Waals surface area contributed by atoms with E-state index in [0.29, 0.717) is 24.1 Å². The maximum absolute atomic E-state index is 5.68. The molecule has 0 spiro atoms. The van der Waals surface area contributed by atoms with Crippen LogP contribution in [0.1, 0.15) is 11.7 Å². The number of aromatic nitrogens is 5. The highest BCUT2D eigenvalue weighted by Crippen LogP contribution is 2.23. The fourth-order valence-electron chi connectivity index (χ4n) is 1.94. The molecule has 0 bridgehead atoms. The van der Waals surface area contributed by atoms with Gasteiger partial charge in [-0.3, -0.25) is 0 Å². The zero-order chi connectivity index (χ0) is 15.4. The molecule has 0 N–H and O–H groups in total. The molecule has 0 fully saturated rings. The van der Waals surface area contributed by atoms with Gasteiger partial charge in [0.05, 0.1) is 5.75 Å². The van der Waals surface area contributed by atoms with Gasteiger partial charge in [0, 0.05) is 12.1 Å². The van der Waals surface area contributed by atoms with Crippen LogP contribution in [0.3, 0.4) is 0 Å². The van der Waals surface area contributed by atoms with E-state index in [1.165, 1.54) is 11.8 Å². The second kappa shape index (κ2) is 6.57. The van der Waals surface area contributed by atoms with Crippen LogP contribution in [0.4, 0.5) is 0 Å². The van der Waals surface area contributed by atoms with Gasteiger partial charge in [0.2, 0.25) is 11.8 Å². The average molecular weight is 313 g/mol. The smallest absolute Gasteiger partial charge is 0.247 e. The highest BCUT2D eigenvalue weighted by atomic mass is 32.2. The minimum atomic E-state index is 0.528. The Morgan fingerprint density at radius 2 is 2.00 bits per heavy atom. The molecular formula is C15H15N5OS. The van der Waals surface area contributed by atoms with Crippen LogP contribution >= 0.6 is 11.8 Å². The van der Waals surface area contributed by atoms with E-state index < -0.39 is 0 Å². The van der Waals surface area contributed by atoms with Crippen molar-refractivity contribution in [3.63, 3.8) is 0 Å². The first-order valence-corrected chi connectivity index (χ1v) is 7.78. The summed E-state index contributed by atoms with van der Waals surface area (Å²) in [6, 6.07) is 9.71. The van der Waals surface area contributed by atoms with Gasteiger partial charge in [-0.1, -0.05) is 36.0 Å². The molecule has 7 heteroatoms. The zero-order valence-corrected chi connectivity index (χ0v) is 13.0. The number of rotatable bonds is 6. The maximum atomic E-state index is 5.68. The molecule has 3 aromatic rings. The quantitative estimate of drug-likeness (QED) is 0.514. The maximum Gasteiger partial charge on any atom is 0.247 e. The fraction of sp³-hybridized carbons (Fsp3) is 0.200. The number of benzene rings is 1. The summed E-state index contributed by atoms with van der Waals surface area (Å²) >= 11 is 1.51. The van der Waals surface area contributed by atoms with Gasteiger partial charge in [0.25, 0.3) is 0 Å². The molecule has 2 aromatic heterocycles. The van der Waals surface area contributed by atoms with Gasteiger partial charge in [-0.25, -0.2) is 0 Å². The molecule has 0 unspecified atom stereocenters. The van der Waals surface area contributed by atoms with Crippen molar-refractivity contribution in [3.8, 4) is 11.5 Å². The Labute approximate surface area is 132 Å². The third-order valence-electron chi connectivity index (χ3n) is 3.03. The van der Waals surface area contributed by atoms with Gasteiger partial charge in [-0.05, 0) is 19.1 Å². The number of hydrogen-bond donors (Lipinski definition) is 0. The van der Waals surface area contributed by atoms with E-state index in [4.69, 9.17) is 4.42 Å². The standard InChI is InChI=1S/C15H15N5OS/c1-3-9-20-11(2)16-19-15(20)22-10-13-17-18-14(21-13)12-7-5-4-6-8-12/h3-8H,1,9-10H2,2H3. The van der Waals surface area contributed by atoms with E-state index in [1.54, 1.807) is 0 Å². The molecule has 0 saturated heterocycles. The van der Waals surface area contributed by atoms with Crippen LogP contribution in [0, 0.1) is 6.92 Å². The number of allylic oxidation sites excluding steroid dienone is 1. The van der Waals surface area contributed by atoms with Crippen molar-refractivity contribution in [3.05, 3.63) is 54.7 Å². The normalized spacial score (nSPS) is 10.8. The fourth-order valence-corrected chi connectivity index (χ4v) is 2.77. The number of nitrogens with zero attached hydrogens (tertiary/aromatic N) is 5. The molecule has 0 aliphatic heterocycles. The molecular weight excluding hydrogens is 298 g/mol. The second-order valence-corrected chi connectivity index (χ2v) is 5.53. The van der Waals surface area contributed by atoms with Crippen LogP contribution in [-0.2, 0) is 12.3 Å². The first kappa shape index (κ1) is 14.5. The molecule has 6 nitrogen and oxygen atoms in total. The topological polar surface area (TPSA) is 69.6 Å². The lowest BCUT2D eigenvalue weighted by Crippen LogP contribution is -2.00. The molecule has 2 heterocycles. The van der Waals surface area contributed by atoms with E-state index in [-0.39, 0.29) is 0 Å². The van der Waals surface area contributed by atoms with Gasteiger partial charge in [-0.15, -0.1) is 27.0 Å². The molecule has 0 amide bonds. The van der Waals surface area contributed by atoms with Gasteiger partial charge in [0.1, 0.15) is 5.82 Å². The summed E-state index contributed by atoms with van der Waals surface area (Å²) in [6.07, 6.45) is 1.82. The third-order valence-corrected chi connectivity index (χ3v) is 3.98. The molecule has 0 aliphatic rings. The van der Waals surface area contributed by atoms with Crippen molar-refractivity contribution >= 4 is 11.8 Å². The SMILES string of the molecule is C=CCn1c(C)nnc1SCc1nnc(-c2ccccc2)o1. The van der Waals surface area contributed by atoms with Crippen molar-refractivity contribution in [2.75, 3.05) is 0 Å². The highest BCUT2D eigenvalue weighted by molar-refractivity contribution is 7.98. The van der Waals surface area contributed by atoms with Gasteiger partial charge < -0.3 is 8.98 Å². The van der Waals surface area contributed by atoms with Crippen molar-refractivity contribution in [1.82, 2.24) is 25.0 Å². The number of thioether (sulfide) groups is 1. The minimum absolute atomic E-state index is 0.528. The van der Waals surface area contributed by atoms with Crippen LogP contribution in [0.5, 0.6) is 0 Å². The Morgan fingerprint density at radius 3 is 2.77 bits per heavy atom. The van der Waals surface area contributed by atoms with Crippen molar-refractivity contribution in [2.24, 2.45) is 0 Å². The Balaban J connectivity index is 1.70. The summed E-state index contributed by atoms with van der Waals surface area (Å²) in [5.74, 6) is 2.50. The Morgan fingerprint density at radius 1 is 1.18 bits per heavy atom. The average Bonchev–Trinajstić information content (AvgIpc) is 3.15. The van der Waals surface area contributed by atoms with E-state index in [2.05, 4.69) is 27.0 Å². The van der Waals surface area contributed by atoms with Crippen molar-refractivity contribution in [1.29, 1.82) is 0 Å². The van der Waals surface area contributed by atoms with E-state index >= 15 is 0 Å². The van der Waals surface area contributed by atoms with E-state index in [1.807, 2.05) is 47.9 Å². The predicted octanol–water partition coefficient (Wildman–Crippen LogP) is 3.11. The van der Waals surface area contributed by atoms with Crippen LogP contribution in [0.2, 0.25) is 0 Å². The summed E-state index contributed by atoms with van der Waals surface area (Å²) < 4.78 is 7.67. The zero-order valence-electron chi connectivity index (χ0n) is 12.1. The monoisotopic (exact) mass is 313 g/mol. The Hall–Kier alpha value is -2.41. The lowest BCUT2D eigenvalue weighted by atomic mass is 10.2. The van der Waals surface area contributed by atoms with E-state index in [9.17, 15) is 0 Å². The molecule has 0 saturated carbocycles. The first-order valence-electron chi connectivity index (χ1n) is 6.79. The summed E-state index contributed by atoms with van der Waals surface area (Å²) in [6.45, 7) is 6.34. The van der Waals surface area contributed by atoms with Gasteiger partial charge in [-0.2, -0.15) is 0 Å². The predicted molar refractivity (Wildman–Crippen MR) is 84.3 cm³/mol. The van der Waals surface area contributed by atoms with Crippen molar-refractivity contribution < 1.29 is 4.42 Å². The summed E-state index contributed by atoms with van der Waals surface area (Å²) in [5, 5.41) is 17.2. The molecule has 0 aliphatic carbocycles. The molecule has 1 aromatic carbocycles. The second-order valence-electron chi connectivity index (χ2n) is 4.58. The molecule has 0 radical (unpaired) electrons.